The molecule has 1 fully saturated rings. The van der Waals surface area contributed by atoms with Crippen molar-refractivity contribution >= 4 is 43.5 Å². The molecule has 0 bridgehead atoms. The molecule has 5 amide bonds. The van der Waals surface area contributed by atoms with Crippen molar-refractivity contribution in [2.45, 2.75) is 83.5 Å². The van der Waals surface area contributed by atoms with Crippen LogP contribution in [0.4, 0.5) is 5.69 Å². The predicted octanol–water partition coefficient (Wildman–Crippen LogP) is 3.67. The first-order valence-corrected chi connectivity index (χ1v) is 19.3. The summed E-state index contributed by atoms with van der Waals surface area (Å²) in [5, 5.41) is 5.10. The maximum Gasteiger partial charge on any atom is 0.264 e. The second kappa shape index (κ2) is 18.5. The van der Waals surface area contributed by atoms with Gasteiger partial charge in [-0.2, -0.15) is 0 Å². The van der Waals surface area contributed by atoms with Crippen molar-refractivity contribution in [3.63, 3.8) is 0 Å². The molecule has 0 aliphatic carbocycles. The molecule has 0 aromatic heterocycles. The standard InChI is InChI=1S/C33H51N3O10Si/c1-33(2,3)47(4,5)46-23-22-45-21-20-44-19-18-43-17-16-42-15-8-6-7-12-27(37)34-25-11-9-10-24-29(25)32(41)36(31(24)40)26-13-14-28(38)35-30(26)39/h9-11,26H,6-8,12-23H2,1-5H3,(H,34,37)(H,35,38,39). The molecule has 2 aliphatic rings. The average molecular weight is 678 g/mol. The molecular formula is C33H51N3O10Si. The third-order valence-corrected chi connectivity index (χ3v) is 13.1. The van der Waals surface area contributed by atoms with Gasteiger partial charge < -0.3 is 28.7 Å². The number of imide groups is 2. The van der Waals surface area contributed by atoms with Crippen LogP contribution in [0.3, 0.4) is 0 Å². The third-order valence-electron chi connectivity index (χ3n) is 8.55. The molecule has 0 saturated carbocycles. The Morgan fingerprint density at radius 1 is 0.851 bits per heavy atom. The van der Waals surface area contributed by atoms with Gasteiger partial charge in [-0.25, -0.2) is 0 Å². The zero-order chi connectivity index (χ0) is 34.5. The van der Waals surface area contributed by atoms with Crippen molar-refractivity contribution in [2.24, 2.45) is 0 Å². The van der Waals surface area contributed by atoms with E-state index >= 15 is 0 Å². The highest BCUT2D eigenvalue weighted by Gasteiger charge is 2.45. The van der Waals surface area contributed by atoms with Crippen molar-refractivity contribution in [3.8, 4) is 0 Å². The van der Waals surface area contributed by atoms with E-state index in [2.05, 4.69) is 44.5 Å². The molecule has 14 heteroatoms. The second-order valence-corrected chi connectivity index (χ2v) is 17.9. The van der Waals surface area contributed by atoms with Gasteiger partial charge in [-0.05, 0) is 49.5 Å². The van der Waals surface area contributed by atoms with Crippen molar-refractivity contribution < 1.29 is 47.3 Å². The Morgan fingerprint density at radius 2 is 1.45 bits per heavy atom. The van der Waals surface area contributed by atoms with Crippen LogP contribution >= 0.6 is 0 Å². The Morgan fingerprint density at radius 3 is 2.04 bits per heavy atom. The predicted molar refractivity (Wildman–Crippen MR) is 177 cm³/mol. The van der Waals surface area contributed by atoms with Crippen LogP contribution < -0.4 is 10.6 Å². The number of piperidine rings is 1. The van der Waals surface area contributed by atoms with Crippen LogP contribution in [-0.4, -0.2) is 108 Å². The van der Waals surface area contributed by atoms with Crippen molar-refractivity contribution in [2.75, 3.05) is 64.8 Å². The van der Waals surface area contributed by atoms with E-state index in [1.165, 1.54) is 6.07 Å². The number of ether oxygens (including phenoxy) is 4. The molecule has 1 aromatic rings. The molecule has 47 heavy (non-hydrogen) atoms. The number of hydrogen-bond donors (Lipinski definition) is 2. The van der Waals surface area contributed by atoms with E-state index in [0.717, 1.165) is 17.7 Å². The van der Waals surface area contributed by atoms with Gasteiger partial charge in [-0.15, -0.1) is 0 Å². The van der Waals surface area contributed by atoms with E-state index in [0.29, 0.717) is 65.9 Å². The zero-order valence-electron chi connectivity index (χ0n) is 28.4. The third kappa shape index (κ3) is 11.6. The first kappa shape index (κ1) is 38.4. The number of carbonyl (C=O) groups is 5. The lowest BCUT2D eigenvalue weighted by molar-refractivity contribution is -0.136. The van der Waals surface area contributed by atoms with Crippen molar-refractivity contribution in [3.05, 3.63) is 29.3 Å². The van der Waals surface area contributed by atoms with E-state index in [1.807, 2.05) is 0 Å². The molecule has 0 spiro atoms. The first-order chi connectivity index (χ1) is 22.3. The molecule has 1 unspecified atom stereocenters. The minimum Gasteiger partial charge on any atom is -0.414 e. The molecule has 262 valence electrons. The van der Waals surface area contributed by atoms with Gasteiger partial charge in [0.25, 0.3) is 11.8 Å². The molecule has 1 atom stereocenters. The van der Waals surface area contributed by atoms with E-state index in [-0.39, 0.29) is 47.0 Å². The van der Waals surface area contributed by atoms with E-state index in [4.69, 9.17) is 23.4 Å². The molecule has 13 nitrogen and oxygen atoms in total. The Balaban J connectivity index is 1.18. The van der Waals surface area contributed by atoms with Gasteiger partial charge in [-0.3, -0.25) is 34.2 Å². The summed E-state index contributed by atoms with van der Waals surface area (Å²) in [6.07, 6.45) is 2.53. The minimum atomic E-state index is -1.73. The van der Waals surface area contributed by atoms with Gasteiger partial charge >= 0.3 is 0 Å². The number of hydrogen-bond acceptors (Lipinski definition) is 10. The first-order valence-electron chi connectivity index (χ1n) is 16.4. The summed E-state index contributed by atoms with van der Waals surface area (Å²) in [4.78, 5) is 63.4. The number of benzene rings is 1. The maximum absolute atomic E-state index is 13.2. The fraction of sp³-hybridized carbons (Fsp3) is 0.667. The molecule has 3 rings (SSSR count). The van der Waals surface area contributed by atoms with Crippen molar-refractivity contribution in [1.82, 2.24) is 10.2 Å². The van der Waals surface area contributed by atoms with Crippen LogP contribution in [0.5, 0.6) is 0 Å². The van der Waals surface area contributed by atoms with Gasteiger partial charge in [0, 0.05) is 19.4 Å². The molecule has 2 N–H and O–H groups in total. The molecule has 2 aliphatic heterocycles. The summed E-state index contributed by atoms with van der Waals surface area (Å²) in [7, 11) is -1.73. The highest BCUT2D eigenvalue weighted by Crippen LogP contribution is 2.36. The summed E-state index contributed by atoms with van der Waals surface area (Å²) in [6.45, 7) is 15.8. The van der Waals surface area contributed by atoms with Crippen LogP contribution in [0.1, 0.15) is 80.0 Å². The lowest BCUT2D eigenvalue weighted by Gasteiger charge is -2.36. The Kier molecular flexibility index (Phi) is 15.1. The summed E-state index contributed by atoms with van der Waals surface area (Å²) in [6, 6.07) is 3.56. The molecule has 1 aromatic carbocycles. The maximum atomic E-state index is 13.2. The quantitative estimate of drug-likeness (QED) is 0.112. The summed E-state index contributed by atoms with van der Waals surface area (Å²) >= 11 is 0. The second-order valence-electron chi connectivity index (χ2n) is 13.1. The van der Waals surface area contributed by atoms with Crippen LogP contribution in [0.25, 0.3) is 0 Å². The highest BCUT2D eigenvalue weighted by molar-refractivity contribution is 6.74. The van der Waals surface area contributed by atoms with Gasteiger partial charge in [0.05, 0.1) is 69.7 Å². The normalized spacial score (nSPS) is 16.9. The summed E-state index contributed by atoms with van der Waals surface area (Å²) in [5.41, 5.74) is 0.408. The van der Waals surface area contributed by atoms with Crippen LogP contribution in [0.15, 0.2) is 18.2 Å². The zero-order valence-corrected chi connectivity index (χ0v) is 29.4. The molecule has 1 saturated heterocycles. The lowest BCUT2D eigenvalue weighted by atomic mass is 10.0. The number of unbranched alkanes of at least 4 members (excludes halogenated alkanes) is 2. The number of amides is 5. The number of nitrogens with one attached hydrogen (secondary N) is 2. The fourth-order valence-electron chi connectivity index (χ4n) is 4.83. The number of rotatable bonds is 21. The Hall–Kier alpha value is -3.01. The molecular weight excluding hydrogens is 626 g/mol. The number of anilines is 1. The number of fused-ring (bicyclic) bond motifs is 1. The molecule has 0 radical (unpaired) electrons. The van der Waals surface area contributed by atoms with Gasteiger partial charge in [0.2, 0.25) is 17.7 Å². The smallest absolute Gasteiger partial charge is 0.264 e. The largest absolute Gasteiger partial charge is 0.414 e. The van der Waals surface area contributed by atoms with Crippen LogP contribution in [0, 0.1) is 0 Å². The Bertz CT molecular complexity index is 1250. The van der Waals surface area contributed by atoms with Crippen molar-refractivity contribution in [1.29, 1.82) is 0 Å². The SMILES string of the molecule is CC(C)(C)[Si](C)(C)OCCOCCOCCOCCOCCCCCC(=O)Nc1cccc2c1C(=O)N(C1CCC(=O)NC1=O)C2=O. The van der Waals surface area contributed by atoms with Gasteiger partial charge in [0.1, 0.15) is 6.04 Å². The minimum absolute atomic E-state index is 0.0356. The van der Waals surface area contributed by atoms with Gasteiger partial charge in [0.15, 0.2) is 8.32 Å². The molecule has 2 heterocycles. The number of nitrogens with zero attached hydrogens (tertiary/aromatic N) is 1. The number of carbonyl (C=O) groups excluding carboxylic acids is 5. The topological polar surface area (TPSA) is 159 Å². The van der Waals surface area contributed by atoms with Crippen LogP contribution in [-0.2, 0) is 37.8 Å². The lowest BCUT2D eigenvalue weighted by Crippen LogP contribution is -2.54. The van der Waals surface area contributed by atoms with E-state index in [1.54, 1.807) is 12.1 Å². The summed E-state index contributed by atoms with van der Waals surface area (Å²) < 4.78 is 28.3. The summed E-state index contributed by atoms with van der Waals surface area (Å²) in [5.74, 6) is -2.68. The Labute approximate surface area is 278 Å². The van der Waals surface area contributed by atoms with E-state index < -0.39 is 38.0 Å². The van der Waals surface area contributed by atoms with Crippen LogP contribution in [0.2, 0.25) is 18.1 Å². The van der Waals surface area contributed by atoms with E-state index in [9.17, 15) is 24.0 Å². The average Bonchev–Trinajstić information content (AvgIpc) is 3.25. The monoisotopic (exact) mass is 677 g/mol. The highest BCUT2D eigenvalue weighted by atomic mass is 28.4. The van der Waals surface area contributed by atoms with Gasteiger partial charge in [-0.1, -0.05) is 33.3 Å². The fourth-order valence-corrected chi connectivity index (χ4v) is 5.86.